The molecule has 6 aromatic rings. The SMILES string of the molecule is CCC(=O)c1cc(-c2ccc(Cl)cc2)n(-c2ccc(S(N)(=O)=O)cc2)c1C.CCC(=O)c1cc(-c2ccc(Cl)cc2)n(-c2ccc(S(N)(=O)=O)cc2)c1C. The number of aromatic nitrogens is 2. The molecule has 4 N–H and O–H groups in total. The summed E-state index contributed by atoms with van der Waals surface area (Å²) in [7, 11) is -7.54. The quantitative estimate of drug-likeness (QED) is 0.132. The van der Waals surface area contributed by atoms with Crippen molar-refractivity contribution in [2.45, 2.75) is 50.3 Å². The fourth-order valence-corrected chi connectivity index (χ4v) is 7.34. The molecule has 14 heteroatoms. The Kier molecular flexibility index (Phi) is 12.2. The van der Waals surface area contributed by atoms with E-state index in [0.29, 0.717) is 34.0 Å². The van der Waals surface area contributed by atoms with Gasteiger partial charge in [0.1, 0.15) is 0 Å². The predicted octanol–water partition coefficient (Wildman–Crippen LogP) is 8.69. The van der Waals surface area contributed by atoms with Crippen LogP contribution in [0.4, 0.5) is 0 Å². The van der Waals surface area contributed by atoms with Crippen molar-refractivity contribution >= 4 is 54.8 Å². The average Bonchev–Trinajstić information content (AvgIpc) is 3.67. The second kappa shape index (κ2) is 16.3. The van der Waals surface area contributed by atoms with Crippen LogP contribution in [0.1, 0.15) is 58.8 Å². The lowest BCUT2D eigenvalue weighted by Gasteiger charge is -2.13. The highest BCUT2D eigenvalue weighted by molar-refractivity contribution is 7.89. The van der Waals surface area contributed by atoms with E-state index in [2.05, 4.69) is 0 Å². The zero-order valence-corrected chi connectivity index (χ0v) is 33.0. The standard InChI is InChI=1S/2C20H19ClN2O3S/c2*1-3-20(24)18-12-19(14-4-6-15(21)7-5-14)23(13(18)2)16-8-10-17(11-9-16)27(22,25)26/h2*4-12H,3H2,1-2H3,(H2,22,25,26). The molecule has 0 bridgehead atoms. The number of rotatable bonds is 10. The van der Waals surface area contributed by atoms with Gasteiger partial charge in [-0.3, -0.25) is 9.59 Å². The second-order valence-corrected chi connectivity index (χ2v) is 16.4. The summed E-state index contributed by atoms with van der Waals surface area (Å²) in [6.07, 6.45) is 0.796. The molecule has 0 unspecified atom stereocenters. The summed E-state index contributed by atoms with van der Waals surface area (Å²) in [5.41, 5.74) is 7.76. The first kappa shape index (κ1) is 40.4. The van der Waals surface area contributed by atoms with Crippen LogP contribution in [-0.4, -0.2) is 37.5 Å². The van der Waals surface area contributed by atoms with Crippen molar-refractivity contribution in [2.75, 3.05) is 0 Å². The summed E-state index contributed by atoms with van der Waals surface area (Å²) in [4.78, 5) is 24.8. The minimum absolute atomic E-state index is 0.0361. The topological polar surface area (TPSA) is 164 Å². The van der Waals surface area contributed by atoms with Crippen LogP contribution >= 0.6 is 23.2 Å². The Morgan fingerprint density at radius 2 is 0.833 bits per heavy atom. The fraction of sp³-hybridized carbons (Fsp3) is 0.150. The molecule has 0 aliphatic carbocycles. The first-order chi connectivity index (χ1) is 25.4. The Labute approximate surface area is 325 Å². The molecule has 0 fully saturated rings. The van der Waals surface area contributed by atoms with E-state index in [-0.39, 0.29) is 21.4 Å². The van der Waals surface area contributed by atoms with E-state index in [1.54, 1.807) is 48.5 Å². The maximum atomic E-state index is 12.4. The Morgan fingerprint density at radius 3 is 1.09 bits per heavy atom. The molecule has 2 aromatic heterocycles. The highest BCUT2D eigenvalue weighted by atomic mass is 35.5. The number of Topliss-reactive ketones (excluding diaryl/α,β-unsaturated/α-hetero) is 2. The minimum Gasteiger partial charge on any atom is -0.313 e. The van der Waals surface area contributed by atoms with Gasteiger partial charge in [0.15, 0.2) is 11.6 Å². The van der Waals surface area contributed by atoms with Gasteiger partial charge in [0, 0.05) is 56.8 Å². The molecule has 0 saturated carbocycles. The summed E-state index contributed by atoms with van der Waals surface area (Å²) in [6.45, 7) is 7.38. The van der Waals surface area contributed by atoms with Crippen molar-refractivity contribution in [1.29, 1.82) is 0 Å². The number of hydrogen-bond acceptors (Lipinski definition) is 6. The number of primary sulfonamides is 2. The molecular weight excluding hydrogens is 768 g/mol. The Balaban J connectivity index is 0.000000208. The number of carbonyl (C=O) groups is 2. The Morgan fingerprint density at radius 1 is 0.537 bits per heavy atom. The second-order valence-electron chi connectivity index (χ2n) is 12.4. The van der Waals surface area contributed by atoms with Gasteiger partial charge in [0.05, 0.1) is 21.2 Å². The van der Waals surface area contributed by atoms with Gasteiger partial charge < -0.3 is 9.13 Å². The molecule has 2 heterocycles. The summed E-state index contributed by atoms with van der Waals surface area (Å²) < 4.78 is 49.9. The van der Waals surface area contributed by atoms with Gasteiger partial charge in [-0.15, -0.1) is 0 Å². The molecule has 0 aliphatic heterocycles. The van der Waals surface area contributed by atoms with Gasteiger partial charge in [0.25, 0.3) is 0 Å². The van der Waals surface area contributed by atoms with Crippen molar-refractivity contribution in [1.82, 2.24) is 9.13 Å². The third kappa shape index (κ3) is 8.76. The maximum Gasteiger partial charge on any atom is 0.238 e. The van der Waals surface area contributed by atoms with Crippen LogP contribution in [0, 0.1) is 13.8 Å². The highest BCUT2D eigenvalue weighted by Crippen LogP contribution is 2.33. The van der Waals surface area contributed by atoms with E-state index in [4.69, 9.17) is 33.5 Å². The lowest BCUT2D eigenvalue weighted by molar-refractivity contribution is 0.0979. The fourth-order valence-electron chi connectivity index (χ4n) is 6.06. The van der Waals surface area contributed by atoms with E-state index in [1.807, 2.05) is 73.2 Å². The Hall–Kier alpha value is -4.82. The van der Waals surface area contributed by atoms with Crippen LogP contribution in [0.15, 0.2) is 119 Å². The van der Waals surface area contributed by atoms with Crippen molar-refractivity contribution in [3.05, 3.63) is 142 Å². The maximum absolute atomic E-state index is 12.4. The lowest BCUT2D eigenvalue weighted by Crippen LogP contribution is -2.12. The van der Waals surface area contributed by atoms with Gasteiger partial charge in [0.2, 0.25) is 20.0 Å². The van der Waals surface area contributed by atoms with E-state index in [1.165, 1.54) is 24.3 Å². The zero-order valence-electron chi connectivity index (χ0n) is 29.9. The number of halogens is 2. The third-order valence-corrected chi connectivity index (χ3v) is 11.2. The number of sulfonamides is 2. The molecule has 10 nitrogen and oxygen atoms in total. The van der Waals surface area contributed by atoms with Crippen LogP contribution in [0.5, 0.6) is 0 Å². The van der Waals surface area contributed by atoms with E-state index in [0.717, 1.165) is 45.3 Å². The summed E-state index contributed by atoms with van der Waals surface area (Å²) >= 11 is 12.0. The average molecular weight is 806 g/mol. The van der Waals surface area contributed by atoms with Crippen LogP contribution in [0.3, 0.4) is 0 Å². The molecule has 54 heavy (non-hydrogen) atoms. The van der Waals surface area contributed by atoms with Gasteiger partial charge in [-0.25, -0.2) is 27.1 Å². The minimum atomic E-state index is -3.77. The Bertz CT molecular complexity index is 2380. The molecule has 0 aliphatic rings. The number of ketones is 2. The van der Waals surface area contributed by atoms with Gasteiger partial charge in [-0.1, -0.05) is 61.3 Å². The first-order valence-electron chi connectivity index (χ1n) is 16.7. The van der Waals surface area contributed by atoms with Crippen LogP contribution in [0.2, 0.25) is 10.0 Å². The van der Waals surface area contributed by atoms with Crippen molar-refractivity contribution in [3.63, 3.8) is 0 Å². The number of benzene rings is 4. The molecular formula is C40H38Cl2N4O6S2. The normalized spacial score (nSPS) is 11.6. The summed E-state index contributed by atoms with van der Waals surface area (Å²) in [6, 6.07) is 30.9. The smallest absolute Gasteiger partial charge is 0.238 e. The van der Waals surface area contributed by atoms with Gasteiger partial charge >= 0.3 is 0 Å². The predicted molar refractivity (Wildman–Crippen MR) is 214 cm³/mol. The van der Waals surface area contributed by atoms with Crippen LogP contribution in [0.25, 0.3) is 33.9 Å². The third-order valence-electron chi connectivity index (χ3n) is 8.86. The van der Waals surface area contributed by atoms with Crippen LogP contribution in [-0.2, 0) is 20.0 Å². The number of nitrogens with two attached hydrogens (primary N) is 2. The number of hydrogen-bond donors (Lipinski definition) is 2. The largest absolute Gasteiger partial charge is 0.313 e. The lowest BCUT2D eigenvalue weighted by atomic mass is 10.1. The molecule has 0 saturated heterocycles. The monoisotopic (exact) mass is 804 g/mol. The highest BCUT2D eigenvalue weighted by Gasteiger charge is 2.21. The molecule has 6 rings (SSSR count). The number of nitrogens with zero attached hydrogens (tertiary/aromatic N) is 2. The van der Waals surface area contributed by atoms with Crippen molar-refractivity contribution in [3.8, 4) is 33.9 Å². The van der Waals surface area contributed by atoms with Crippen LogP contribution < -0.4 is 10.3 Å². The summed E-state index contributed by atoms with van der Waals surface area (Å²) in [5, 5.41) is 11.6. The summed E-state index contributed by atoms with van der Waals surface area (Å²) in [5.74, 6) is 0.0882. The molecule has 0 atom stereocenters. The van der Waals surface area contributed by atoms with Crippen molar-refractivity contribution < 1.29 is 26.4 Å². The van der Waals surface area contributed by atoms with Gasteiger partial charge in [-0.2, -0.15) is 0 Å². The van der Waals surface area contributed by atoms with E-state index in [9.17, 15) is 26.4 Å². The van der Waals surface area contributed by atoms with E-state index < -0.39 is 20.0 Å². The molecule has 0 amide bonds. The van der Waals surface area contributed by atoms with Gasteiger partial charge in [-0.05, 0) is 110 Å². The van der Waals surface area contributed by atoms with E-state index >= 15 is 0 Å². The molecule has 0 radical (unpaired) electrons. The zero-order chi connectivity index (χ0) is 39.5. The molecule has 280 valence electrons. The van der Waals surface area contributed by atoms with Crippen molar-refractivity contribution in [2.24, 2.45) is 10.3 Å². The number of carbonyl (C=O) groups excluding carboxylic acids is 2. The molecule has 0 spiro atoms. The molecule has 4 aromatic carbocycles. The first-order valence-corrected chi connectivity index (χ1v) is 20.6.